The monoisotopic (exact) mass is 128 g/mol. The van der Waals surface area contributed by atoms with E-state index in [2.05, 4.69) is 10.3 Å². The summed E-state index contributed by atoms with van der Waals surface area (Å²) in [6, 6.07) is 0. The highest BCUT2D eigenvalue weighted by molar-refractivity contribution is 5.87. The summed E-state index contributed by atoms with van der Waals surface area (Å²) in [4.78, 5) is 14.2. The minimum atomic E-state index is 0.0306. The van der Waals surface area contributed by atoms with E-state index in [9.17, 15) is 4.79 Å². The predicted octanol–water partition coefficient (Wildman–Crippen LogP) is 0.561. The predicted molar refractivity (Wildman–Crippen MR) is 37.5 cm³/mol. The van der Waals surface area contributed by atoms with E-state index in [1.54, 1.807) is 7.05 Å². The smallest absolute Gasteiger partial charge is 0.225 e. The number of nitrogens with one attached hydrogen (secondary N) is 1. The summed E-state index contributed by atoms with van der Waals surface area (Å²) < 4.78 is 0. The van der Waals surface area contributed by atoms with Gasteiger partial charge in [0.1, 0.15) is 0 Å². The van der Waals surface area contributed by atoms with Gasteiger partial charge in [-0.2, -0.15) is 0 Å². The highest BCUT2D eigenvalue weighted by Gasteiger charge is 1.92. The molecule has 0 fully saturated rings. The molecule has 3 nitrogen and oxygen atoms in total. The lowest BCUT2D eigenvalue weighted by Crippen LogP contribution is -2.20. The van der Waals surface area contributed by atoms with Crippen molar-refractivity contribution in [2.75, 3.05) is 7.05 Å². The van der Waals surface area contributed by atoms with Crippen LogP contribution in [0.15, 0.2) is 4.99 Å². The van der Waals surface area contributed by atoms with Crippen LogP contribution in [0.5, 0.6) is 0 Å². The van der Waals surface area contributed by atoms with Gasteiger partial charge in [0, 0.05) is 13.5 Å². The number of carbonyl (C=O) groups excluding carboxylic acids is 1. The number of aliphatic imine (C=N–C) groups is 1. The van der Waals surface area contributed by atoms with Crippen molar-refractivity contribution in [3.05, 3.63) is 0 Å². The first kappa shape index (κ1) is 8.14. The second-order valence-corrected chi connectivity index (χ2v) is 1.70. The number of rotatable bonds is 3. The summed E-state index contributed by atoms with van der Waals surface area (Å²) in [5.74, 6) is 0.0306. The third-order valence-electron chi connectivity index (χ3n) is 0.832. The average molecular weight is 128 g/mol. The molecule has 0 aromatic carbocycles. The standard InChI is InChI=1S/C6H12N2O/c1-3-4-6(9)8-5-7-2/h5H,3-4H2,1-2H3,(H,7,8,9). The van der Waals surface area contributed by atoms with Crippen LogP contribution in [0.2, 0.25) is 0 Å². The van der Waals surface area contributed by atoms with E-state index in [4.69, 9.17) is 0 Å². The fourth-order valence-electron chi connectivity index (χ4n) is 0.436. The van der Waals surface area contributed by atoms with Gasteiger partial charge < -0.3 is 5.32 Å². The number of amides is 1. The second-order valence-electron chi connectivity index (χ2n) is 1.70. The van der Waals surface area contributed by atoms with Crippen LogP contribution in [-0.4, -0.2) is 19.3 Å². The van der Waals surface area contributed by atoms with Gasteiger partial charge in [0.15, 0.2) is 0 Å². The summed E-state index contributed by atoms with van der Waals surface area (Å²) in [5, 5.41) is 2.50. The maximum absolute atomic E-state index is 10.6. The quantitative estimate of drug-likeness (QED) is 0.438. The van der Waals surface area contributed by atoms with Crippen molar-refractivity contribution in [2.45, 2.75) is 19.8 Å². The Bertz CT molecular complexity index is 110. The molecular weight excluding hydrogens is 116 g/mol. The van der Waals surface area contributed by atoms with Crippen molar-refractivity contribution in [1.29, 1.82) is 0 Å². The molecule has 1 amide bonds. The average Bonchev–Trinajstić information content (AvgIpc) is 1.85. The van der Waals surface area contributed by atoms with Crippen LogP contribution in [-0.2, 0) is 4.79 Å². The third kappa shape index (κ3) is 5.00. The molecule has 0 aromatic rings. The van der Waals surface area contributed by atoms with Crippen LogP contribution in [0.3, 0.4) is 0 Å². The first-order valence-electron chi connectivity index (χ1n) is 3.01. The molecule has 0 spiro atoms. The van der Waals surface area contributed by atoms with E-state index in [1.165, 1.54) is 6.34 Å². The Morgan fingerprint density at radius 2 is 2.44 bits per heavy atom. The molecule has 0 unspecified atom stereocenters. The highest BCUT2D eigenvalue weighted by atomic mass is 16.1. The molecule has 0 radical (unpaired) electrons. The minimum Gasteiger partial charge on any atom is -0.317 e. The van der Waals surface area contributed by atoms with Gasteiger partial charge in [0.2, 0.25) is 5.91 Å². The molecule has 0 heterocycles. The van der Waals surface area contributed by atoms with Gasteiger partial charge in [0.05, 0.1) is 6.34 Å². The zero-order valence-electron chi connectivity index (χ0n) is 5.85. The normalized spacial score (nSPS) is 10.0. The lowest BCUT2D eigenvalue weighted by atomic mass is 10.3. The van der Waals surface area contributed by atoms with E-state index in [0.717, 1.165) is 6.42 Å². The van der Waals surface area contributed by atoms with Gasteiger partial charge >= 0.3 is 0 Å². The zero-order valence-corrected chi connectivity index (χ0v) is 5.85. The molecule has 9 heavy (non-hydrogen) atoms. The minimum absolute atomic E-state index is 0.0306. The molecule has 0 saturated heterocycles. The highest BCUT2D eigenvalue weighted by Crippen LogP contribution is 1.82. The third-order valence-corrected chi connectivity index (χ3v) is 0.832. The van der Waals surface area contributed by atoms with Crippen LogP contribution in [0.1, 0.15) is 19.8 Å². The van der Waals surface area contributed by atoms with E-state index in [1.807, 2.05) is 6.92 Å². The second kappa shape index (κ2) is 5.28. The van der Waals surface area contributed by atoms with E-state index < -0.39 is 0 Å². The van der Waals surface area contributed by atoms with Crippen LogP contribution in [0, 0.1) is 0 Å². The summed E-state index contributed by atoms with van der Waals surface area (Å²) in [7, 11) is 1.62. The van der Waals surface area contributed by atoms with Crippen molar-refractivity contribution in [3.8, 4) is 0 Å². The van der Waals surface area contributed by atoms with Crippen molar-refractivity contribution >= 4 is 12.2 Å². The molecule has 0 rings (SSSR count). The largest absolute Gasteiger partial charge is 0.317 e. The molecule has 52 valence electrons. The Balaban J connectivity index is 3.27. The molecule has 0 aliphatic heterocycles. The molecule has 0 aliphatic rings. The van der Waals surface area contributed by atoms with Crippen LogP contribution in [0.4, 0.5) is 0 Å². The maximum Gasteiger partial charge on any atom is 0.225 e. The van der Waals surface area contributed by atoms with Crippen molar-refractivity contribution in [1.82, 2.24) is 5.32 Å². The maximum atomic E-state index is 10.6. The molecule has 1 N–H and O–H groups in total. The van der Waals surface area contributed by atoms with Crippen molar-refractivity contribution < 1.29 is 4.79 Å². The van der Waals surface area contributed by atoms with Crippen LogP contribution in [0.25, 0.3) is 0 Å². The van der Waals surface area contributed by atoms with Gasteiger partial charge in [-0.1, -0.05) is 6.92 Å². The van der Waals surface area contributed by atoms with E-state index in [0.29, 0.717) is 6.42 Å². The molecular formula is C6H12N2O. The van der Waals surface area contributed by atoms with E-state index >= 15 is 0 Å². The van der Waals surface area contributed by atoms with Gasteiger partial charge in [0.25, 0.3) is 0 Å². The van der Waals surface area contributed by atoms with Crippen molar-refractivity contribution in [2.24, 2.45) is 4.99 Å². The van der Waals surface area contributed by atoms with Gasteiger partial charge in [-0.3, -0.25) is 9.79 Å². The summed E-state index contributed by atoms with van der Waals surface area (Å²) in [6.07, 6.45) is 2.85. The first-order chi connectivity index (χ1) is 4.31. The molecule has 0 aliphatic carbocycles. The van der Waals surface area contributed by atoms with Crippen LogP contribution >= 0.6 is 0 Å². The number of nitrogens with zero attached hydrogens (tertiary/aromatic N) is 1. The van der Waals surface area contributed by atoms with Gasteiger partial charge in [-0.05, 0) is 6.42 Å². The van der Waals surface area contributed by atoms with E-state index in [-0.39, 0.29) is 5.91 Å². The lowest BCUT2D eigenvalue weighted by Gasteiger charge is -1.93. The molecule has 0 aromatic heterocycles. The topological polar surface area (TPSA) is 41.5 Å². The Hall–Kier alpha value is -0.860. The SMILES string of the molecule is CCCC(=O)NC=NC. The lowest BCUT2D eigenvalue weighted by molar-refractivity contribution is -0.119. The number of hydrogen-bond donors (Lipinski definition) is 1. The fourth-order valence-corrected chi connectivity index (χ4v) is 0.436. The summed E-state index contributed by atoms with van der Waals surface area (Å²) in [6.45, 7) is 1.96. The first-order valence-corrected chi connectivity index (χ1v) is 3.01. The van der Waals surface area contributed by atoms with Gasteiger partial charge in [-0.15, -0.1) is 0 Å². The Morgan fingerprint density at radius 1 is 1.78 bits per heavy atom. The zero-order chi connectivity index (χ0) is 7.11. The number of carbonyl (C=O) groups is 1. The molecule has 0 bridgehead atoms. The van der Waals surface area contributed by atoms with Gasteiger partial charge in [-0.25, -0.2) is 0 Å². The summed E-state index contributed by atoms with van der Waals surface area (Å²) in [5.41, 5.74) is 0. The molecule has 3 heteroatoms. The Morgan fingerprint density at radius 3 is 2.89 bits per heavy atom. The molecule has 0 saturated carbocycles. The molecule has 0 atom stereocenters. The van der Waals surface area contributed by atoms with Crippen molar-refractivity contribution in [3.63, 3.8) is 0 Å². The Kier molecular flexibility index (Phi) is 4.78. The van der Waals surface area contributed by atoms with Crippen LogP contribution < -0.4 is 5.32 Å². The Labute approximate surface area is 55.2 Å². The summed E-state index contributed by atoms with van der Waals surface area (Å²) >= 11 is 0. The fraction of sp³-hybridized carbons (Fsp3) is 0.667. The number of hydrogen-bond acceptors (Lipinski definition) is 2.